The number of urea groups is 1. The second-order valence-corrected chi connectivity index (χ2v) is 10.5. The first-order chi connectivity index (χ1) is 17.8. The fourth-order valence-corrected chi connectivity index (χ4v) is 5.23. The van der Waals surface area contributed by atoms with Crippen molar-refractivity contribution in [2.24, 2.45) is 5.41 Å². The van der Waals surface area contributed by atoms with Crippen LogP contribution >= 0.6 is 11.6 Å². The van der Waals surface area contributed by atoms with Gasteiger partial charge in [-0.05, 0) is 49.8 Å². The Hall–Kier alpha value is -2.77. The number of alkyl halides is 3. The molecule has 38 heavy (non-hydrogen) atoms. The first-order valence-electron chi connectivity index (χ1n) is 12.3. The first kappa shape index (κ1) is 28.2. The summed E-state index contributed by atoms with van der Waals surface area (Å²) in [4.78, 5) is 42.4. The summed E-state index contributed by atoms with van der Waals surface area (Å²) in [5.74, 6) is -1.32. The third-order valence-corrected chi connectivity index (χ3v) is 7.78. The Morgan fingerprint density at radius 2 is 1.95 bits per heavy atom. The smallest absolute Gasteiger partial charge is 0.404 e. The van der Waals surface area contributed by atoms with Crippen LogP contribution in [0.4, 0.5) is 23.7 Å². The average Bonchev–Trinajstić information content (AvgIpc) is 3.60. The Labute approximate surface area is 222 Å². The summed E-state index contributed by atoms with van der Waals surface area (Å²) in [6.45, 7) is 2.46. The highest BCUT2D eigenvalue weighted by Crippen LogP contribution is 2.53. The SMILES string of the molecule is C[C@H]1C(=O)N(C[C@@H](O)CC(=O)N2CCC3(CC3)[C@H](O)C2)CCN1C(=O)Nc1ccc(OC(F)(F)F)c(Cl)c1. The number of hydrogen-bond acceptors (Lipinski definition) is 6. The van der Waals surface area contributed by atoms with Crippen molar-refractivity contribution in [2.45, 2.75) is 57.2 Å². The highest BCUT2D eigenvalue weighted by molar-refractivity contribution is 6.32. The molecule has 0 unspecified atom stereocenters. The van der Waals surface area contributed by atoms with Gasteiger partial charge in [0.15, 0.2) is 0 Å². The van der Waals surface area contributed by atoms with Crippen LogP contribution in [-0.2, 0) is 9.59 Å². The number of anilines is 1. The van der Waals surface area contributed by atoms with Crippen LogP contribution in [0.15, 0.2) is 18.2 Å². The number of carbonyl (C=O) groups is 3. The Morgan fingerprint density at radius 1 is 1.24 bits per heavy atom. The molecule has 0 aromatic heterocycles. The molecular formula is C24H30ClF3N4O6. The van der Waals surface area contributed by atoms with Gasteiger partial charge in [0.2, 0.25) is 11.8 Å². The van der Waals surface area contributed by atoms with Gasteiger partial charge in [-0.25, -0.2) is 4.79 Å². The van der Waals surface area contributed by atoms with E-state index < -0.39 is 42.3 Å². The van der Waals surface area contributed by atoms with E-state index in [1.807, 2.05) is 0 Å². The molecule has 0 radical (unpaired) electrons. The molecule has 3 fully saturated rings. The number of benzene rings is 1. The standard InChI is InChI=1S/C24H30ClF3N4O6/c1-14-21(36)31(12-16(33)11-20(35)30-7-6-23(4-5-23)19(34)13-30)8-9-32(14)22(37)29-15-2-3-18(17(25)10-15)38-24(26,27)28/h2-3,10,14,16,19,33-34H,4-9,11-13H2,1H3,(H,29,37)/t14-,16-,19+/m0/s1. The van der Waals surface area contributed by atoms with Crippen LogP contribution in [0.5, 0.6) is 5.75 Å². The lowest BCUT2D eigenvalue weighted by Gasteiger charge is -2.40. The first-order valence-corrected chi connectivity index (χ1v) is 12.7. The van der Waals surface area contributed by atoms with Crippen molar-refractivity contribution in [2.75, 3.05) is 38.0 Å². The zero-order valence-corrected chi connectivity index (χ0v) is 21.5. The number of halogens is 4. The maximum absolute atomic E-state index is 12.9. The molecule has 1 spiro atoms. The molecule has 3 atom stereocenters. The molecule has 2 heterocycles. The van der Waals surface area contributed by atoms with Gasteiger partial charge in [0.05, 0.1) is 23.7 Å². The van der Waals surface area contributed by atoms with Gasteiger partial charge in [-0.15, -0.1) is 13.2 Å². The monoisotopic (exact) mass is 562 g/mol. The Morgan fingerprint density at radius 3 is 2.55 bits per heavy atom. The number of likely N-dealkylation sites (tertiary alicyclic amines) is 1. The molecule has 2 aliphatic heterocycles. The molecule has 1 aliphatic carbocycles. The summed E-state index contributed by atoms with van der Waals surface area (Å²) in [5.41, 5.74) is 0.0715. The van der Waals surface area contributed by atoms with E-state index >= 15 is 0 Å². The lowest BCUT2D eigenvalue weighted by Crippen LogP contribution is -2.59. The number of rotatable bonds is 6. The summed E-state index contributed by atoms with van der Waals surface area (Å²) in [6, 6.07) is 1.71. The number of ether oxygens (including phenoxy) is 1. The normalized spacial score (nSPS) is 23.9. The lowest BCUT2D eigenvalue weighted by atomic mass is 9.90. The van der Waals surface area contributed by atoms with Gasteiger partial charge >= 0.3 is 12.4 Å². The Bertz CT molecular complexity index is 1090. The van der Waals surface area contributed by atoms with E-state index in [-0.39, 0.29) is 54.6 Å². The number of aliphatic hydroxyl groups is 2. The summed E-state index contributed by atoms with van der Waals surface area (Å²) in [6.07, 6.45) is -4.07. The van der Waals surface area contributed by atoms with Crippen LogP contribution < -0.4 is 10.1 Å². The van der Waals surface area contributed by atoms with Crippen molar-refractivity contribution in [3.05, 3.63) is 23.2 Å². The molecular weight excluding hydrogens is 533 g/mol. The largest absolute Gasteiger partial charge is 0.573 e. The van der Waals surface area contributed by atoms with E-state index in [9.17, 15) is 37.8 Å². The molecule has 10 nitrogen and oxygen atoms in total. The van der Waals surface area contributed by atoms with Crippen molar-refractivity contribution in [3.8, 4) is 5.75 Å². The van der Waals surface area contributed by atoms with Crippen LogP contribution in [0.2, 0.25) is 5.02 Å². The van der Waals surface area contributed by atoms with Gasteiger partial charge in [-0.3, -0.25) is 9.59 Å². The van der Waals surface area contributed by atoms with Crippen LogP contribution in [-0.4, -0.2) is 100 Å². The fraction of sp³-hybridized carbons (Fsp3) is 0.625. The van der Waals surface area contributed by atoms with Crippen molar-refractivity contribution in [1.82, 2.24) is 14.7 Å². The van der Waals surface area contributed by atoms with Gasteiger partial charge in [-0.2, -0.15) is 0 Å². The second-order valence-electron chi connectivity index (χ2n) is 10.1. The van der Waals surface area contributed by atoms with Crippen molar-refractivity contribution < 1.29 is 42.5 Å². The maximum Gasteiger partial charge on any atom is 0.573 e. The summed E-state index contributed by atoms with van der Waals surface area (Å²) < 4.78 is 41.0. The molecule has 0 bridgehead atoms. The van der Waals surface area contributed by atoms with E-state index in [1.54, 1.807) is 4.90 Å². The molecule has 210 valence electrons. The average molecular weight is 563 g/mol. The van der Waals surface area contributed by atoms with E-state index in [0.29, 0.717) is 6.54 Å². The summed E-state index contributed by atoms with van der Waals surface area (Å²) >= 11 is 5.82. The molecule has 1 saturated carbocycles. The van der Waals surface area contributed by atoms with E-state index in [2.05, 4.69) is 10.1 Å². The lowest BCUT2D eigenvalue weighted by molar-refractivity contribution is -0.274. The van der Waals surface area contributed by atoms with Crippen LogP contribution in [0.3, 0.4) is 0 Å². The van der Waals surface area contributed by atoms with Crippen molar-refractivity contribution in [1.29, 1.82) is 0 Å². The number of amides is 4. The minimum atomic E-state index is -4.92. The van der Waals surface area contributed by atoms with Crippen LogP contribution in [0, 0.1) is 5.41 Å². The number of β-amino-alcohol motifs (C(OH)–C–C–N with tert-alkyl or cyclic N) is 2. The van der Waals surface area contributed by atoms with Gasteiger partial charge in [-0.1, -0.05) is 11.6 Å². The molecule has 1 aromatic rings. The summed E-state index contributed by atoms with van der Waals surface area (Å²) in [5, 5.41) is 22.9. The minimum absolute atomic E-state index is 0.0405. The number of piperidine rings is 1. The van der Waals surface area contributed by atoms with Gasteiger partial charge in [0.1, 0.15) is 11.8 Å². The Kier molecular flexibility index (Phi) is 8.01. The van der Waals surface area contributed by atoms with Gasteiger partial charge < -0.3 is 35.0 Å². The van der Waals surface area contributed by atoms with Crippen molar-refractivity contribution in [3.63, 3.8) is 0 Å². The molecule has 14 heteroatoms. The van der Waals surface area contributed by atoms with Crippen LogP contribution in [0.1, 0.15) is 32.6 Å². The minimum Gasteiger partial charge on any atom is -0.404 e. The summed E-state index contributed by atoms with van der Waals surface area (Å²) in [7, 11) is 0. The van der Waals surface area contributed by atoms with Gasteiger partial charge in [0.25, 0.3) is 0 Å². The Balaban J connectivity index is 1.26. The number of hydrogen-bond donors (Lipinski definition) is 3. The molecule has 4 amide bonds. The predicted octanol–water partition coefficient (Wildman–Crippen LogP) is 2.43. The topological polar surface area (TPSA) is 123 Å². The zero-order chi connectivity index (χ0) is 27.8. The van der Waals surface area contributed by atoms with E-state index in [1.165, 1.54) is 22.8 Å². The number of aliphatic hydroxyl groups excluding tert-OH is 2. The van der Waals surface area contributed by atoms with E-state index in [4.69, 9.17) is 11.6 Å². The van der Waals surface area contributed by atoms with Crippen LogP contribution in [0.25, 0.3) is 0 Å². The van der Waals surface area contributed by atoms with Crippen molar-refractivity contribution >= 4 is 35.1 Å². The number of piperazine rings is 1. The highest BCUT2D eigenvalue weighted by atomic mass is 35.5. The quantitative estimate of drug-likeness (QED) is 0.489. The zero-order valence-electron chi connectivity index (χ0n) is 20.7. The fourth-order valence-electron chi connectivity index (χ4n) is 5.01. The molecule has 3 N–H and O–H groups in total. The number of nitrogens with zero attached hydrogens (tertiary/aromatic N) is 3. The van der Waals surface area contributed by atoms with Gasteiger partial charge in [0, 0.05) is 38.4 Å². The predicted molar refractivity (Wildman–Crippen MR) is 129 cm³/mol. The molecule has 1 aromatic carbocycles. The molecule has 3 aliphatic rings. The number of nitrogens with one attached hydrogen (secondary N) is 1. The third kappa shape index (κ3) is 6.44. The molecule has 4 rings (SSSR count). The third-order valence-electron chi connectivity index (χ3n) is 7.48. The second kappa shape index (κ2) is 10.8. The maximum atomic E-state index is 12.9. The molecule has 2 saturated heterocycles. The van der Waals surface area contributed by atoms with E-state index in [0.717, 1.165) is 31.4 Å². The highest BCUT2D eigenvalue weighted by Gasteiger charge is 2.51. The number of carbonyl (C=O) groups excluding carboxylic acids is 3.